The van der Waals surface area contributed by atoms with E-state index in [4.69, 9.17) is 4.74 Å². The molecule has 1 aliphatic carbocycles. The standard InChI is InChI=1S/C13H26N2O2.ClH/c1-3-17-10-8-13(6-4-7-13)11-15-12(16)5-9-14-2;/h14H,3-11H2,1-2H3,(H,15,16);1H. The maximum Gasteiger partial charge on any atom is 0.221 e. The summed E-state index contributed by atoms with van der Waals surface area (Å²) in [6.07, 6.45) is 5.39. The second kappa shape index (κ2) is 9.59. The summed E-state index contributed by atoms with van der Waals surface area (Å²) in [7, 11) is 1.86. The summed E-state index contributed by atoms with van der Waals surface area (Å²) in [6, 6.07) is 0. The molecule has 0 aromatic rings. The lowest BCUT2D eigenvalue weighted by atomic mass is 9.67. The molecular formula is C13H27ClN2O2. The summed E-state index contributed by atoms with van der Waals surface area (Å²) < 4.78 is 5.41. The Labute approximate surface area is 117 Å². The summed E-state index contributed by atoms with van der Waals surface area (Å²) >= 11 is 0. The second-order valence-corrected chi connectivity index (χ2v) is 4.93. The van der Waals surface area contributed by atoms with Crippen LogP contribution >= 0.6 is 12.4 Å². The Bertz CT molecular complexity index is 233. The SMILES string of the molecule is CCOCCC1(CNC(=O)CCNC)CCC1.Cl. The van der Waals surface area contributed by atoms with Gasteiger partial charge in [0.15, 0.2) is 0 Å². The van der Waals surface area contributed by atoms with Crippen molar-refractivity contribution < 1.29 is 9.53 Å². The smallest absolute Gasteiger partial charge is 0.221 e. The van der Waals surface area contributed by atoms with Crippen LogP contribution in [0.4, 0.5) is 0 Å². The molecule has 0 radical (unpaired) electrons. The van der Waals surface area contributed by atoms with Gasteiger partial charge in [-0.3, -0.25) is 4.79 Å². The largest absolute Gasteiger partial charge is 0.382 e. The summed E-state index contributed by atoms with van der Waals surface area (Å²) in [5, 5.41) is 6.04. The molecule has 1 aliphatic rings. The fraction of sp³-hybridized carbons (Fsp3) is 0.923. The summed E-state index contributed by atoms with van der Waals surface area (Å²) in [4.78, 5) is 11.5. The molecule has 0 heterocycles. The van der Waals surface area contributed by atoms with Crippen molar-refractivity contribution in [3.8, 4) is 0 Å². The third-order valence-electron chi connectivity index (χ3n) is 3.66. The average Bonchev–Trinajstić information content (AvgIpc) is 2.29. The second-order valence-electron chi connectivity index (χ2n) is 4.93. The fourth-order valence-electron chi connectivity index (χ4n) is 2.24. The molecule has 4 nitrogen and oxygen atoms in total. The number of hydrogen-bond acceptors (Lipinski definition) is 3. The van der Waals surface area contributed by atoms with E-state index in [0.717, 1.165) is 32.7 Å². The van der Waals surface area contributed by atoms with E-state index >= 15 is 0 Å². The Morgan fingerprint density at radius 1 is 1.39 bits per heavy atom. The quantitative estimate of drug-likeness (QED) is 0.632. The predicted molar refractivity (Wildman–Crippen MR) is 76.2 cm³/mol. The van der Waals surface area contributed by atoms with E-state index in [9.17, 15) is 4.79 Å². The number of carbonyl (C=O) groups is 1. The molecule has 0 unspecified atom stereocenters. The van der Waals surface area contributed by atoms with Gasteiger partial charge in [-0.25, -0.2) is 0 Å². The monoisotopic (exact) mass is 278 g/mol. The molecule has 18 heavy (non-hydrogen) atoms. The van der Waals surface area contributed by atoms with Crippen LogP contribution in [-0.4, -0.2) is 39.3 Å². The van der Waals surface area contributed by atoms with Gasteiger partial charge in [0.05, 0.1) is 0 Å². The molecule has 1 amide bonds. The highest BCUT2D eigenvalue weighted by atomic mass is 35.5. The van der Waals surface area contributed by atoms with E-state index in [1.165, 1.54) is 19.3 Å². The van der Waals surface area contributed by atoms with Crippen LogP contribution in [0.2, 0.25) is 0 Å². The predicted octanol–water partition coefficient (Wildman–Crippen LogP) is 1.73. The van der Waals surface area contributed by atoms with Crippen LogP contribution in [-0.2, 0) is 9.53 Å². The summed E-state index contributed by atoms with van der Waals surface area (Å²) in [6.45, 7) is 5.20. The maximum atomic E-state index is 11.5. The Morgan fingerprint density at radius 3 is 2.61 bits per heavy atom. The molecule has 1 fully saturated rings. The third-order valence-corrected chi connectivity index (χ3v) is 3.66. The normalized spacial score (nSPS) is 16.6. The van der Waals surface area contributed by atoms with Gasteiger partial charge in [0.1, 0.15) is 0 Å². The van der Waals surface area contributed by atoms with E-state index in [-0.39, 0.29) is 18.3 Å². The topological polar surface area (TPSA) is 50.4 Å². The van der Waals surface area contributed by atoms with Gasteiger partial charge in [0, 0.05) is 32.7 Å². The molecule has 5 heteroatoms. The Balaban J connectivity index is 0.00000289. The number of amides is 1. The number of halogens is 1. The van der Waals surface area contributed by atoms with Crippen molar-refractivity contribution in [3.63, 3.8) is 0 Å². The molecule has 0 aromatic carbocycles. The van der Waals surface area contributed by atoms with Gasteiger partial charge >= 0.3 is 0 Å². The zero-order valence-corrected chi connectivity index (χ0v) is 12.4. The van der Waals surface area contributed by atoms with Crippen LogP contribution in [0.25, 0.3) is 0 Å². The summed E-state index contributed by atoms with van der Waals surface area (Å²) in [5.41, 5.74) is 0.324. The number of rotatable bonds is 9. The molecule has 0 aromatic heterocycles. The average molecular weight is 279 g/mol. The van der Waals surface area contributed by atoms with Crippen molar-refractivity contribution in [2.24, 2.45) is 5.41 Å². The highest BCUT2D eigenvalue weighted by Gasteiger charge is 2.36. The van der Waals surface area contributed by atoms with Gasteiger partial charge in [-0.2, -0.15) is 0 Å². The van der Waals surface area contributed by atoms with Crippen LogP contribution in [0.3, 0.4) is 0 Å². The van der Waals surface area contributed by atoms with Crippen LogP contribution in [0.5, 0.6) is 0 Å². The maximum absolute atomic E-state index is 11.5. The highest BCUT2D eigenvalue weighted by Crippen LogP contribution is 2.43. The zero-order chi connectivity index (χ0) is 12.6. The van der Waals surface area contributed by atoms with Gasteiger partial charge < -0.3 is 15.4 Å². The fourth-order valence-corrected chi connectivity index (χ4v) is 2.24. The van der Waals surface area contributed by atoms with Gasteiger partial charge in [0.2, 0.25) is 5.91 Å². The first-order valence-electron chi connectivity index (χ1n) is 6.71. The van der Waals surface area contributed by atoms with E-state index in [0.29, 0.717) is 11.8 Å². The minimum atomic E-state index is 0. The Hall–Kier alpha value is -0.320. The van der Waals surface area contributed by atoms with Crippen molar-refractivity contribution in [1.29, 1.82) is 0 Å². The molecule has 1 saturated carbocycles. The van der Waals surface area contributed by atoms with E-state index in [1.54, 1.807) is 0 Å². The minimum absolute atomic E-state index is 0. The van der Waals surface area contributed by atoms with Crippen molar-refractivity contribution in [3.05, 3.63) is 0 Å². The lowest BCUT2D eigenvalue weighted by molar-refractivity contribution is -0.122. The van der Waals surface area contributed by atoms with Crippen LogP contribution in [0.15, 0.2) is 0 Å². The minimum Gasteiger partial charge on any atom is -0.382 e. The lowest BCUT2D eigenvalue weighted by Crippen LogP contribution is -2.43. The van der Waals surface area contributed by atoms with Crippen molar-refractivity contribution in [1.82, 2.24) is 10.6 Å². The molecule has 0 aliphatic heterocycles. The highest BCUT2D eigenvalue weighted by molar-refractivity contribution is 5.85. The van der Waals surface area contributed by atoms with E-state index in [2.05, 4.69) is 10.6 Å². The van der Waals surface area contributed by atoms with Crippen LogP contribution < -0.4 is 10.6 Å². The first-order chi connectivity index (χ1) is 8.22. The lowest BCUT2D eigenvalue weighted by Gasteiger charge is -2.42. The van der Waals surface area contributed by atoms with Crippen LogP contribution in [0.1, 0.15) is 39.0 Å². The molecular weight excluding hydrogens is 252 g/mol. The third kappa shape index (κ3) is 6.03. The molecule has 2 N–H and O–H groups in total. The van der Waals surface area contributed by atoms with E-state index in [1.807, 2.05) is 14.0 Å². The van der Waals surface area contributed by atoms with Gasteiger partial charge in [-0.15, -0.1) is 12.4 Å². The molecule has 1 rings (SSSR count). The van der Waals surface area contributed by atoms with Gasteiger partial charge in [-0.05, 0) is 38.6 Å². The molecule has 0 spiro atoms. The number of ether oxygens (including phenoxy) is 1. The number of nitrogens with one attached hydrogen (secondary N) is 2. The van der Waals surface area contributed by atoms with Crippen LogP contribution in [0, 0.1) is 5.41 Å². The Kier molecular flexibility index (Phi) is 9.42. The molecule has 0 atom stereocenters. The number of carbonyl (C=O) groups excluding carboxylic acids is 1. The van der Waals surface area contributed by atoms with Crippen molar-refractivity contribution in [2.75, 3.05) is 33.4 Å². The Morgan fingerprint density at radius 2 is 2.11 bits per heavy atom. The van der Waals surface area contributed by atoms with Gasteiger partial charge in [0.25, 0.3) is 0 Å². The first-order valence-corrected chi connectivity index (χ1v) is 6.71. The number of hydrogen-bond donors (Lipinski definition) is 2. The molecule has 108 valence electrons. The van der Waals surface area contributed by atoms with E-state index < -0.39 is 0 Å². The molecule has 0 bridgehead atoms. The molecule has 0 saturated heterocycles. The first kappa shape index (κ1) is 17.7. The summed E-state index contributed by atoms with van der Waals surface area (Å²) in [5.74, 6) is 0.155. The van der Waals surface area contributed by atoms with Crippen molar-refractivity contribution in [2.45, 2.75) is 39.0 Å². The van der Waals surface area contributed by atoms with Crippen molar-refractivity contribution >= 4 is 18.3 Å². The zero-order valence-electron chi connectivity index (χ0n) is 11.6. The van der Waals surface area contributed by atoms with Gasteiger partial charge in [-0.1, -0.05) is 6.42 Å².